The van der Waals surface area contributed by atoms with Crippen molar-refractivity contribution in [3.05, 3.63) is 34.4 Å². The molecule has 0 fully saturated rings. The van der Waals surface area contributed by atoms with Crippen LogP contribution in [0.2, 0.25) is 0 Å². The van der Waals surface area contributed by atoms with Gasteiger partial charge in [0.15, 0.2) is 0 Å². The van der Waals surface area contributed by atoms with Crippen molar-refractivity contribution >= 4 is 6.08 Å². The lowest BCUT2D eigenvalue weighted by molar-refractivity contribution is -0.0507. The molecule has 0 aliphatic carbocycles. The molecule has 0 bridgehead atoms. The summed E-state index contributed by atoms with van der Waals surface area (Å²) < 4.78 is 29.0. The van der Waals surface area contributed by atoms with Gasteiger partial charge >= 0.3 is 6.61 Å². The third-order valence-electron chi connectivity index (χ3n) is 2.78. The van der Waals surface area contributed by atoms with E-state index in [0.717, 1.165) is 17.6 Å². The molecule has 0 unspecified atom stereocenters. The molecule has 1 aromatic carbocycles. The van der Waals surface area contributed by atoms with Gasteiger partial charge in [0.2, 0.25) is 0 Å². The highest BCUT2D eigenvalue weighted by atomic mass is 19.3. The second-order valence-corrected chi connectivity index (χ2v) is 4.22. The van der Waals surface area contributed by atoms with E-state index in [2.05, 4.69) is 4.74 Å². The minimum atomic E-state index is -2.79. The molecule has 0 aliphatic heterocycles. The molecule has 0 spiro atoms. The average Bonchev–Trinajstić information content (AvgIpc) is 2.30. The monoisotopic (exact) mass is 255 g/mol. The van der Waals surface area contributed by atoms with Crippen LogP contribution in [0.25, 0.3) is 6.08 Å². The van der Waals surface area contributed by atoms with Crippen molar-refractivity contribution in [2.75, 3.05) is 6.54 Å². The summed E-state index contributed by atoms with van der Waals surface area (Å²) in [4.78, 5) is 0. The van der Waals surface area contributed by atoms with Crippen molar-refractivity contribution < 1.29 is 13.5 Å². The van der Waals surface area contributed by atoms with Crippen molar-refractivity contribution in [3.63, 3.8) is 0 Å². The van der Waals surface area contributed by atoms with E-state index in [0.29, 0.717) is 17.7 Å². The minimum Gasteiger partial charge on any atom is -0.434 e. The zero-order valence-corrected chi connectivity index (χ0v) is 11.0. The molecule has 0 radical (unpaired) electrons. The largest absolute Gasteiger partial charge is 0.434 e. The number of alkyl halides is 2. The molecule has 100 valence electrons. The Hall–Kier alpha value is -1.42. The van der Waals surface area contributed by atoms with E-state index >= 15 is 0 Å². The number of aryl methyl sites for hydroxylation is 2. The van der Waals surface area contributed by atoms with Gasteiger partial charge in [-0.3, -0.25) is 0 Å². The van der Waals surface area contributed by atoms with Crippen LogP contribution in [0.4, 0.5) is 8.78 Å². The predicted molar refractivity (Wildman–Crippen MR) is 69.9 cm³/mol. The smallest absolute Gasteiger partial charge is 0.387 e. The predicted octanol–water partition coefficient (Wildman–Crippen LogP) is 3.66. The fourth-order valence-electron chi connectivity index (χ4n) is 1.88. The molecule has 2 N–H and O–H groups in total. The van der Waals surface area contributed by atoms with Crippen LogP contribution < -0.4 is 10.5 Å². The van der Waals surface area contributed by atoms with E-state index in [1.165, 1.54) is 0 Å². The van der Waals surface area contributed by atoms with Crippen molar-refractivity contribution in [3.8, 4) is 5.75 Å². The zero-order valence-electron chi connectivity index (χ0n) is 11.0. The quantitative estimate of drug-likeness (QED) is 0.871. The van der Waals surface area contributed by atoms with E-state index < -0.39 is 6.61 Å². The van der Waals surface area contributed by atoms with Gasteiger partial charge in [0.1, 0.15) is 5.75 Å². The molecule has 0 aromatic heterocycles. The molecular formula is C14H19F2NO. The van der Waals surface area contributed by atoms with Crippen LogP contribution in [0.15, 0.2) is 17.7 Å². The molecule has 0 atom stereocenters. The Morgan fingerprint density at radius 1 is 1.33 bits per heavy atom. The summed E-state index contributed by atoms with van der Waals surface area (Å²) in [6.07, 6.45) is 2.87. The van der Waals surface area contributed by atoms with E-state index in [4.69, 9.17) is 5.73 Å². The van der Waals surface area contributed by atoms with Crippen LogP contribution >= 0.6 is 0 Å². The molecule has 0 heterocycles. The maximum absolute atomic E-state index is 12.2. The Balaban J connectivity index is 3.10. The Labute approximate surface area is 106 Å². The van der Waals surface area contributed by atoms with Crippen LogP contribution in [0, 0.1) is 13.8 Å². The first-order chi connectivity index (χ1) is 8.47. The van der Waals surface area contributed by atoms with Crippen LogP contribution in [0.1, 0.15) is 30.0 Å². The molecule has 1 rings (SSSR count). The summed E-state index contributed by atoms with van der Waals surface area (Å²) in [5.74, 6) is 0.257. The fraction of sp³-hybridized carbons (Fsp3) is 0.429. The molecule has 0 saturated carbocycles. The highest BCUT2D eigenvalue weighted by Crippen LogP contribution is 2.27. The minimum absolute atomic E-state index is 0.257. The van der Waals surface area contributed by atoms with Gasteiger partial charge in [-0.1, -0.05) is 18.6 Å². The van der Waals surface area contributed by atoms with Gasteiger partial charge in [-0.05, 0) is 49.1 Å². The first-order valence-corrected chi connectivity index (χ1v) is 5.93. The van der Waals surface area contributed by atoms with Crippen LogP contribution in [0.3, 0.4) is 0 Å². The zero-order chi connectivity index (χ0) is 13.7. The van der Waals surface area contributed by atoms with E-state index in [1.54, 1.807) is 13.8 Å². The highest BCUT2D eigenvalue weighted by Gasteiger charge is 2.11. The van der Waals surface area contributed by atoms with Crippen LogP contribution in [0.5, 0.6) is 5.75 Å². The Morgan fingerprint density at radius 3 is 2.28 bits per heavy atom. The number of benzene rings is 1. The number of nitrogens with two attached hydrogens (primary N) is 1. The lowest BCUT2D eigenvalue weighted by atomic mass is 10.0. The SMILES string of the molecule is CCC(=Cc1cc(C)c(OC(F)F)c(C)c1)CN. The number of hydrogen-bond acceptors (Lipinski definition) is 2. The topological polar surface area (TPSA) is 35.2 Å². The molecule has 18 heavy (non-hydrogen) atoms. The number of ether oxygens (including phenoxy) is 1. The molecule has 0 amide bonds. The first-order valence-electron chi connectivity index (χ1n) is 5.93. The fourth-order valence-corrected chi connectivity index (χ4v) is 1.88. The molecule has 2 nitrogen and oxygen atoms in total. The lowest BCUT2D eigenvalue weighted by Crippen LogP contribution is -2.05. The maximum atomic E-state index is 12.2. The number of rotatable bonds is 5. The second kappa shape index (κ2) is 6.50. The van der Waals surface area contributed by atoms with Gasteiger partial charge in [0.25, 0.3) is 0 Å². The van der Waals surface area contributed by atoms with Crippen molar-refractivity contribution in [1.82, 2.24) is 0 Å². The lowest BCUT2D eigenvalue weighted by Gasteiger charge is -2.12. The summed E-state index contributed by atoms with van der Waals surface area (Å²) >= 11 is 0. The number of hydrogen-bond donors (Lipinski definition) is 1. The highest BCUT2D eigenvalue weighted by molar-refractivity contribution is 5.58. The number of halogens is 2. The van der Waals surface area contributed by atoms with Crippen LogP contribution in [-0.4, -0.2) is 13.2 Å². The summed E-state index contributed by atoms with van der Waals surface area (Å²) in [7, 11) is 0. The van der Waals surface area contributed by atoms with Gasteiger partial charge in [0, 0.05) is 6.54 Å². The summed E-state index contributed by atoms with van der Waals surface area (Å²) in [6.45, 7) is 3.27. The Bertz CT molecular complexity index is 412. The molecule has 4 heteroatoms. The second-order valence-electron chi connectivity index (χ2n) is 4.22. The summed E-state index contributed by atoms with van der Waals surface area (Å²) in [5, 5.41) is 0. The van der Waals surface area contributed by atoms with Gasteiger partial charge in [0.05, 0.1) is 0 Å². The molecule has 0 saturated heterocycles. The average molecular weight is 255 g/mol. The maximum Gasteiger partial charge on any atom is 0.387 e. The Morgan fingerprint density at radius 2 is 1.89 bits per heavy atom. The van der Waals surface area contributed by atoms with Gasteiger partial charge < -0.3 is 10.5 Å². The normalized spacial score (nSPS) is 12.1. The Kier molecular flexibility index (Phi) is 5.28. The molecule has 0 aliphatic rings. The standard InChI is InChI=1S/C14H19F2NO/c1-4-11(8-17)7-12-5-9(2)13(10(3)6-12)18-14(15)16/h5-7,14H,4,8,17H2,1-3H3. The van der Waals surface area contributed by atoms with E-state index in [9.17, 15) is 8.78 Å². The molecule has 1 aromatic rings. The third-order valence-corrected chi connectivity index (χ3v) is 2.78. The molecular weight excluding hydrogens is 236 g/mol. The van der Waals surface area contributed by atoms with Crippen molar-refractivity contribution in [1.29, 1.82) is 0 Å². The van der Waals surface area contributed by atoms with Gasteiger partial charge in [-0.2, -0.15) is 8.78 Å². The van der Waals surface area contributed by atoms with Crippen molar-refractivity contribution in [2.45, 2.75) is 33.8 Å². The van der Waals surface area contributed by atoms with Gasteiger partial charge in [-0.25, -0.2) is 0 Å². The van der Waals surface area contributed by atoms with E-state index in [1.807, 2.05) is 25.1 Å². The van der Waals surface area contributed by atoms with Gasteiger partial charge in [-0.15, -0.1) is 0 Å². The first kappa shape index (κ1) is 14.6. The third kappa shape index (κ3) is 3.81. The van der Waals surface area contributed by atoms with Crippen molar-refractivity contribution in [2.24, 2.45) is 5.73 Å². The summed E-state index contributed by atoms with van der Waals surface area (Å²) in [6, 6.07) is 3.66. The van der Waals surface area contributed by atoms with Crippen LogP contribution in [-0.2, 0) is 0 Å². The van der Waals surface area contributed by atoms with E-state index in [-0.39, 0.29) is 5.75 Å². The summed E-state index contributed by atoms with van der Waals surface area (Å²) in [5.41, 5.74) is 9.10.